The number of ether oxygens (including phenoxy) is 1. The highest BCUT2D eigenvalue weighted by Gasteiger charge is 2.22. The van der Waals surface area contributed by atoms with E-state index in [2.05, 4.69) is 10.3 Å². The zero-order chi connectivity index (χ0) is 13.9. The summed E-state index contributed by atoms with van der Waals surface area (Å²) >= 11 is 0. The molecule has 5 nitrogen and oxygen atoms in total. The number of para-hydroxylation sites is 1. The number of nitrogens with zero attached hydrogens (tertiary/aromatic N) is 2. The molecule has 0 unspecified atom stereocenters. The summed E-state index contributed by atoms with van der Waals surface area (Å²) in [5.74, 6) is 0.529. The van der Waals surface area contributed by atoms with Gasteiger partial charge in [-0.2, -0.15) is 0 Å². The van der Waals surface area contributed by atoms with Crippen molar-refractivity contribution in [3.8, 4) is 5.75 Å². The van der Waals surface area contributed by atoms with Crippen molar-refractivity contribution in [2.75, 3.05) is 30.4 Å². The SMILES string of the molecule is CN(C(=O)c1cccc2c1OCCN2)c1ccncc1. The summed E-state index contributed by atoms with van der Waals surface area (Å²) in [4.78, 5) is 18.2. The van der Waals surface area contributed by atoms with Crippen LogP contribution in [0.4, 0.5) is 11.4 Å². The maximum Gasteiger partial charge on any atom is 0.261 e. The average molecular weight is 269 g/mol. The van der Waals surface area contributed by atoms with Crippen LogP contribution in [0.3, 0.4) is 0 Å². The molecule has 0 saturated carbocycles. The molecule has 2 heterocycles. The van der Waals surface area contributed by atoms with Crippen molar-refractivity contribution >= 4 is 17.3 Å². The van der Waals surface area contributed by atoms with E-state index in [0.29, 0.717) is 17.9 Å². The number of carbonyl (C=O) groups excluding carboxylic acids is 1. The molecule has 1 aromatic heterocycles. The lowest BCUT2D eigenvalue weighted by atomic mass is 10.1. The van der Waals surface area contributed by atoms with Gasteiger partial charge in [-0.15, -0.1) is 0 Å². The van der Waals surface area contributed by atoms with E-state index in [0.717, 1.165) is 17.9 Å². The quantitative estimate of drug-likeness (QED) is 0.907. The summed E-state index contributed by atoms with van der Waals surface area (Å²) in [6.07, 6.45) is 3.33. The van der Waals surface area contributed by atoms with E-state index in [-0.39, 0.29) is 5.91 Å². The van der Waals surface area contributed by atoms with Crippen LogP contribution in [-0.4, -0.2) is 31.1 Å². The molecule has 0 spiro atoms. The van der Waals surface area contributed by atoms with E-state index in [1.807, 2.05) is 12.1 Å². The van der Waals surface area contributed by atoms with Gasteiger partial charge in [0.1, 0.15) is 6.61 Å². The van der Waals surface area contributed by atoms with Gasteiger partial charge in [0.25, 0.3) is 5.91 Å². The molecule has 1 amide bonds. The highest BCUT2D eigenvalue weighted by atomic mass is 16.5. The first-order valence-corrected chi connectivity index (χ1v) is 6.45. The molecule has 20 heavy (non-hydrogen) atoms. The molecule has 1 aliphatic rings. The summed E-state index contributed by atoms with van der Waals surface area (Å²) in [5, 5.41) is 3.23. The average Bonchev–Trinajstić information content (AvgIpc) is 2.54. The normalized spacial score (nSPS) is 12.8. The maximum atomic E-state index is 12.6. The van der Waals surface area contributed by atoms with Crippen molar-refractivity contribution < 1.29 is 9.53 Å². The molecule has 0 saturated heterocycles. The van der Waals surface area contributed by atoms with Crippen LogP contribution in [-0.2, 0) is 0 Å². The Morgan fingerprint density at radius 2 is 2.10 bits per heavy atom. The third-order valence-corrected chi connectivity index (χ3v) is 3.26. The molecular weight excluding hydrogens is 254 g/mol. The number of carbonyl (C=O) groups is 1. The Balaban J connectivity index is 1.95. The number of hydrogen-bond acceptors (Lipinski definition) is 4. The smallest absolute Gasteiger partial charge is 0.261 e. The fourth-order valence-corrected chi connectivity index (χ4v) is 2.20. The number of anilines is 2. The highest BCUT2D eigenvalue weighted by molar-refractivity contribution is 6.08. The number of benzene rings is 1. The van der Waals surface area contributed by atoms with Crippen LogP contribution >= 0.6 is 0 Å². The van der Waals surface area contributed by atoms with Crippen LogP contribution in [0.15, 0.2) is 42.7 Å². The molecule has 0 radical (unpaired) electrons. The van der Waals surface area contributed by atoms with Gasteiger partial charge in [0.15, 0.2) is 5.75 Å². The summed E-state index contributed by atoms with van der Waals surface area (Å²) in [6, 6.07) is 9.15. The first-order valence-electron chi connectivity index (χ1n) is 6.45. The van der Waals surface area contributed by atoms with Gasteiger partial charge in [-0.25, -0.2) is 0 Å². The minimum atomic E-state index is -0.100. The predicted molar refractivity (Wildman–Crippen MR) is 77.4 cm³/mol. The molecule has 1 aromatic carbocycles. The molecule has 1 aliphatic heterocycles. The van der Waals surface area contributed by atoms with Crippen molar-refractivity contribution in [3.63, 3.8) is 0 Å². The number of aromatic nitrogens is 1. The number of nitrogens with one attached hydrogen (secondary N) is 1. The second-order valence-electron chi connectivity index (χ2n) is 4.53. The second kappa shape index (κ2) is 5.21. The first kappa shape index (κ1) is 12.5. The van der Waals surface area contributed by atoms with E-state index in [1.54, 1.807) is 42.5 Å². The van der Waals surface area contributed by atoms with Crippen molar-refractivity contribution in [1.29, 1.82) is 0 Å². The van der Waals surface area contributed by atoms with Crippen LogP contribution in [0.25, 0.3) is 0 Å². The minimum absolute atomic E-state index is 0.100. The van der Waals surface area contributed by atoms with Gasteiger partial charge in [0, 0.05) is 31.7 Å². The van der Waals surface area contributed by atoms with Gasteiger partial charge < -0.3 is 15.0 Å². The van der Waals surface area contributed by atoms with Crippen LogP contribution < -0.4 is 15.0 Å². The van der Waals surface area contributed by atoms with Crippen LogP contribution in [0.1, 0.15) is 10.4 Å². The molecule has 5 heteroatoms. The summed E-state index contributed by atoms with van der Waals surface area (Å²) in [6.45, 7) is 1.32. The Kier molecular flexibility index (Phi) is 3.25. The molecule has 0 aliphatic carbocycles. The zero-order valence-corrected chi connectivity index (χ0v) is 11.2. The van der Waals surface area contributed by atoms with Crippen molar-refractivity contribution in [3.05, 3.63) is 48.3 Å². The molecular formula is C15H15N3O2. The number of hydrogen-bond donors (Lipinski definition) is 1. The van der Waals surface area contributed by atoms with E-state index in [1.165, 1.54) is 0 Å². The second-order valence-corrected chi connectivity index (χ2v) is 4.53. The molecule has 2 aromatic rings. The number of rotatable bonds is 2. The third-order valence-electron chi connectivity index (χ3n) is 3.26. The Morgan fingerprint density at radius 3 is 2.90 bits per heavy atom. The summed E-state index contributed by atoms with van der Waals surface area (Å²) in [7, 11) is 1.74. The predicted octanol–water partition coefficient (Wildman–Crippen LogP) is 2.16. The first-order chi connectivity index (χ1) is 9.77. The fourth-order valence-electron chi connectivity index (χ4n) is 2.20. The lowest BCUT2D eigenvalue weighted by molar-refractivity contribution is 0.0989. The molecule has 0 atom stereocenters. The van der Waals surface area contributed by atoms with Gasteiger partial charge in [-0.1, -0.05) is 6.07 Å². The Hall–Kier alpha value is -2.56. The van der Waals surface area contributed by atoms with Gasteiger partial charge in [0.2, 0.25) is 0 Å². The molecule has 0 bridgehead atoms. The van der Waals surface area contributed by atoms with Crippen LogP contribution in [0, 0.1) is 0 Å². The lowest BCUT2D eigenvalue weighted by Gasteiger charge is -2.24. The number of amides is 1. The van der Waals surface area contributed by atoms with Crippen LogP contribution in [0.5, 0.6) is 5.75 Å². The fraction of sp³-hybridized carbons (Fsp3) is 0.200. The van der Waals surface area contributed by atoms with Crippen LogP contribution in [0.2, 0.25) is 0 Å². The summed E-state index contributed by atoms with van der Waals surface area (Å²) in [5.41, 5.74) is 2.23. The highest BCUT2D eigenvalue weighted by Crippen LogP contribution is 2.32. The van der Waals surface area contributed by atoms with Gasteiger partial charge >= 0.3 is 0 Å². The van der Waals surface area contributed by atoms with Gasteiger partial charge in [-0.3, -0.25) is 9.78 Å². The minimum Gasteiger partial charge on any atom is -0.489 e. The Morgan fingerprint density at radius 1 is 1.30 bits per heavy atom. The van der Waals surface area contributed by atoms with Crippen molar-refractivity contribution in [2.24, 2.45) is 0 Å². The third kappa shape index (κ3) is 2.18. The molecule has 1 N–H and O–H groups in total. The Labute approximate surface area is 117 Å². The van der Waals surface area contributed by atoms with E-state index in [4.69, 9.17) is 4.74 Å². The molecule has 3 rings (SSSR count). The van der Waals surface area contributed by atoms with Crippen molar-refractivity contribution in [2.45, 2.75) is 0 Å². The maximum absolute atomic E-state index is 12.6. The topological polar surface area (TPSA) is 54.5 Å². The largest absolute Gasteiger partial charge is 0.489 e. The zero-order valence-electron chi connectivity index (χ0n) is 11.2. The monoisotopic (exact) mass is 269 g/mol. The molecule has 0 fully saturated rings. The van der Waals surface area contributed by atoms with Gasteiger partial charge in [-0.05, 0) is 24.3 Å². The number of fused-ring (bicyclic) bond motifs is 1. The standard InChI is InChI=1S/C15H15N3O2/c1-18(11-5-7-16-8-6-11)15(19)12-3-2-4-13-14(12)20-10-9-17-13/h2-8,17H,9-10H2,1H3. The summed E-state index contributed by atoms with van der Waals surface area (Å²) < 4.78 is 5.64. The Bertz CT molecular complexity index is 628. The van der Waals surface area contributed by atoms with E-state index in [9.17, 15) is 4.79 Å². The lowest BCUT2D eigenvalue weighted by Crippen LogP contribution is -2.28. The molecule has 102 valence electrons. The van der Waals surface area contributed by atoms with Crippen molar-refractivity contribution in [1.82, 2.24) is 4.98 Å². The van der Waals surface area contributed by atoms with E-state index < -0.39 is 0 Å². The number of pyridine rings is 1. The van der Waals surface area contributed by atoms with Gasteiger partial charge in [0.05, 0.1) is 11.3 Å². The van der Waals surface area contributed by atoms with E-state index >= 15 is 0 Å².